The quantitative estimate of drug-likeness (QED) is 0.421. The second-order valence-electron chi connectivity index (χ2n) is 10.5. The van der Waals surface area contributed by atoms with Crippen molar-refractivity contribution in [2.75, 3.05) is 90.4 Å². The van der Waals surface area contributed by atoms with Gasteiger partial charge in [0.1, 0.15) is 11.6 Å². The fraction of sp³-hybridized carbons (Fsp3) is 0.433. The van der Waals surface area contributed by atoms with Gasteiger partial charge in [-0.1, -0.05) is 36.4 Å². The van der Waals surface area contributed by atoms with Crippen molar-refractivity contribution in [3.8, 4) is 0 Å². The number of thiocarbonyl (C=S) groups is 1. The number of anilines is 5. The first kappa shape index (κ1) is 26.6. The van der Waals surface area contributed by atoms with Crippen molar-refractivity contribution in [1.29, 1.82) is 0 Å². The Bertz CT molecular complexity index is 1160. The minimum Gasteiger partial charge on any atom is -0.376 e. The Morgan fingerprint density at radius 1 is 0.750 bits per heavy atom. The highest BCUT2D eigenvalue weighted by Gasteiger charge is 2.24. The van der Waals surface area contributed by atoms with Gasteiger partial charge >= 0.3 is 0 Å². The average Bonchev–Trinajstić information content (AvgIpc) is 3.55. The molecule has 3 aromatic rings. The monoisotopic (exact) mass is 558 g/mol. The van der Waals surface area contributed by atoms with Crippen LogP contribution in [0.4, 0.5) is 29.0 Å². The summed E-state index contributed by atoms with van der Waals surface area (Å²) < 4.78 is 5.73. The summed E-state index contributed by atoms with van der Waals surface area (Å²) in [6, 6.07) is 23.4. The Labute approximate surface area is 242 Å². The molecular formula is C30H38N8OS. The average molecular weight is 559 g/mol. The van der Waals surface area contributed by atoms with Gasteiger partial charge in [0.25, 0.3) is 0 Å². The van der Waals surface area contributed by atoms with Gasteiger partial charge in [0, 0.05) is 83.0 Å². The van der Waals surface area contributed by atoms with Gasteiger partial charge in [-0.3, -0.25) is 0 Å². The van der Waals surface area contributed by atoms with Gasteiger partial charge in [-0.15, -0.1) is 0 Å². The molecule has 3 aliphatic heterocycles. The third-order valence-electron chi connectivity index (χ3n) is 7.89. The van der Waals surface area contributed by atoms with Gasteiger partial charge in [-0.05, 0) is 49.3 Å². The van der Waals surface area contributed by atoms with Crippen molar-refractivity contribution in [2.24, 2.45) is 0 Å². The lowest BCUT2D eigenvalue weighted by molar-refractivity contribution is 0.114. The lowest BCUT2D eigenvalue weighted by Crippen LogP contribution is -2.48. The zero-order valence-corrected chi connectivity index (χ0v) is 23.7. The molecule has 0 radical (unpaired) electrons. The van der Waals surface area contributed by atoms with Crippen LogP contribution in [0.15, 0.2) is 66.7 Å². The predicted octanol–water partition coefficient (Wildman–Crippen LogP) is 3.60. The minimum absolute atomic E-state index is 0.212. The summed E-state index contributed by atoms with van der Waals surface area (Å²) in [5.41, 5.74) is 2.54. The van der Waals surface area contributed by atoms with Gasteiger partial charge in [-0.25, -0.2) is 0 Å². The Balaban J connectivity index is 1.15. The minimum atomic E-state index is 0.212. The molecule has 3 saturated heterocycles. The van der Waals surface area contributed by atoms with Crippen LogP contribution in [-0.2, 0) is 4.74 Å². The molecule has 0 unspecified atom stereocenters. The van der Waals surface area contributed by atoms with E-state index in [0.29, 0.717) is 17.6 Å². The van der Waals surface area contributed by atoms with Crippen molar-refractivity contribution in [3.63, 3.8) is 0 Å². The van der Waals surface area contributed by atoms with Crippen molar-refractivity contribution in [2.45, 2.75) is 18.9 Å². The number of nitrogens with one attached hydrogen (secondary N) is 2. The fourth-order valence-electron chi connectivity index (χ4n) is 5.62. The van der Waals surface area contributed by atoms with Crippen LogP contribution in [0.3, 0.4) is 0 Å². The third kappa shape index (κ3) is 6.56. The highest BCUT2D eigenvalue weighted by Crippen LogP contribution is 2.26. The van der Waals surface area contributed by atoms with E-state index >= 15 is 0 Å². The molecule has 210 valence electrons. The maximum Gasteiger partial charge on any atom is 0.232 e. The summed E-state index contributed by atoms with van der Waals surface area (Å²) in [5.74, 6) is 2.41. The summed E-state index contributed by atoms with van der Waals surface area (Å²) in [5, 5.41) is 7.09. The van der Waals surface area contributed by atoms with E-state index in [1.54, 1.807) is 0 Å². The van der Waals surface area contributed by atoms with Crippen LogP contribution in [0, 0.1) is 0 Å². The van der Waals surface area contributed by atoms with E-state index in [1.807, 2.05) is 0 Å². The number of rotatable bonds is 7. The van der Waals surface area contributed by atoms with E-state index < -0.39 is 0 Å². The topological polar surface area (TPSA) is 72.0 Å². The summed E-state index contributed by atoms with van der Waals surface area (Å²) in [7, 11) is 0. The highest BCUT2D eigenvalue weighted by molar-refractivity contribution is 7.80. The molecule has 0 aliphatic carbocycles. The standard InChI is InChI=1S/C30H38N8OS/c40-30(31-23-26-12-7-21-39-26)34-29-32-27(37-17-13-35(14-18-37)24-8-3-1-4-9-24)22-28(33-29)38-19-15-36(16-20-38)25-10-5-2-6-11-25/h1-6,8-11,22,26H,7,12-21,23H2,(H2,31,32,33,34,40)/t26-/m0/s1. The second kappa shape index (κ2) is 12.7. The Hall–Kier alpha value is -3.63. The van der Waals surface area contributed by atoms with Crippen LogP contribution < -0.4 is 30.2 Å². The van der Waals surface area contributed by atoms with E-state index in [4.69, 9.17) is 26.9 Å². The zero-order chi connectivity index (χ0) is 27.1. The molecule has 1 aromatic heterocycles. The number of nitrogens with zero attached hydrogens (tertiary/aromatic N) is 6. The summed E-state index contributed by atoms with van der Waals surface area (Å²) in [6.07, 6.45) is 2.38. The molecule has 0 bridgehead atoms. The van der Waals surface area contributed by atoms with Crippen molar-refractivity contribution in [3.05, 3.63) is 66.7 Å². The SMILES string of the molecule is S=C(NC[C@@H]1CCCO1)Nc1nc(N2CCN(c3ccccc3)CC2)cc(N2CCN(c3ccccc3)CC2)n1. The van der Waals surface area contributed by atoms with E-state index in [-0.39, 0.29) is 6.10 Å². The number of aromatic nitrogens is 2. The number of hydrogen-bond donors (Lipinski definition) is 2. The molecule has 10 heteroatoms. The number of piperazine rings is 2. The van der Waals surface area contributed by atoms with Gasteiger partial charge in [-0.2, -0.15) is 9.97 Å². The van der Waals surface area contributed by atoms with Crippen molar-refractivity contribution >= 4 is 46.3 Å². The van der Waals surface area contributed by atoms with E-state index in [1.165, 1.54) is 11.4 Å². The van der Waals surface area contributed by atoms with Crippen molar-refractivity contribution < 1.29 is 4.74 Å². The molecule has 0 amide bonds. The molecular weight excluding hydrogens is 520 g/mol. The van der Waals surface area contributed by atoms with Gasteiger partial charge in [0.05, 0.1) is 6.10 Å². The third-order valence-corrected chi connectivity index (χ3v) is 8.14. The molecule has 2 N–H and O–H groups in total. The van der Waals surface area contributed by atoms with Gasteiger partial charge in [0.2, 0.25) is 5.95 Å². The number of para-hydroxylation sites is 2. The normalized spacial score (nSPS) is 19.6. The molecule has 6 rings (SSSR count). The molecule has 2 aromatic carbocycles. The zero-order valence-electron chi connectivity index (χ0n) is 22.9. The van der Waals surface area contributed by atoms with Crippen LogP contribution in [-0.4, -0.2) is 86.7 Å². The highest BCUT2D eigenvalue weighted by atomic mass is 32.1. The van der Waals surface area contributed by atoms with Crippen molar-refractivity contribution in [1.82, 2.24) is 15.3 Å². The summed E-state index contributed by atoms with van der Waals surface area (Å²) in [4.78, 5) is 19.4. The van der Waals surface area contributed by atoms with Crippen LogP contribution in [0.1, 0.15) is 12.8 Å². The Kier molecular flexibility index (Phi) is 8.44. The van der Waals surface area contributed by atoms with Crippen LogP contribution in [0.5, 0.6) is 0 Å². The summed E-state index contributed by atoms with van der Waals surface area (Å²) >= 11 is 5.61. The number of hydrogen-bond acceptors (Lipinski definition) is 8. The largest absolute Gasteiger partial charge is 0.376 e. The van der Waals surface area contributed by atoms with E-state index in [0.717, 1.165) is 83.4 Å². The van der Waals surface area contributed by atoms with Gasteiger partial charge < -0.3 is 35.0 Å². The summed E-state index contributed by atoms with van der Waals surface area (Å²) in [6.45, 7) is 8.90. The predicted molar refractivity (Wildman–Crippen MR) is 167 cm³/mol. The lowest BCUT2D eigenvalue weighted by Gasteiger charge is -2.38. The second-order valence-corrected chi connectivity index (χ2v) is 10.9. The molecule has 4 heterocycles. The lowest BCUT2D eigenvalue weighted by atomic mass is 10.2. The van der Waals surface area contributed by atoms with Crippen LogP contribution in [0.25, 0.3) is 0 Å². The maximum absolute atomic E-state index is 5.73. The molecule has 3 fully saturated rings. The maximum atomic E-state index is 5.73. The molecule has 3 aliphatic rings. The first-order chi connectivity index (χ1) is 19.7. The smallest absolute Gasteiger partial charge is 0.232 e. The fourth-order valence-corrected chi connectivity index (χ4v) is 5.80. The van der Waals surface area contributed by atoms with Gasteiger partial charge in [0.15, 0.2) is 5.11 Å². The number of benzene rings is 2. The van der Waals surface area contributed by atoms with E-state index in [9.17, 15) is 0 Å². The number of ether oxygens (including phenoxy) is 1. The first-order valence-corrected chi connectivity index (χ1v) is 14.8. The van der Waals surface area contributed by atoms with E-state index in [2.05, 4.69) is 97.0 Å². The molecule has 0 saturated carbocycles. The van der Waals surface area contributed by atoms with Crippen LogP contribution >= 0.6 is 12.2 Å². The Morgan fingerprint density at radius 2 is 1.25 bits per heavy atom. The first-order valence-electron chi connectivity index (χ1n) is 14.4. The molecule has 1 atom stereocenters. The molecule has 40 heavy (non-hydrogen) atoms. The molecule has 9 nitrogen and oxygen atoms in total. The molecule has 0 spiro atoms. The Morgan fingerprint density at radius 3 is 1.73 bits per heavy atom. The van der Waals surface area contributed by atoms with Crippen LogP contribution in [0.2, 0.25) is 0 Å².